The number of hydrogen-bond acceptors (Lipinski definition) is 6. The summed E-state index contributed by atoms with van der Waals surface area (Å²) < 4.78 is 2.49. The quantitative estimate of drug-likeness (QED) is 0.529. The first-order chi connectivity index (χ1) is 14.0. The molecular formula is C20H18N6O2S. The van der Waals surface area contributed by atoms with E-state index in [4.69, 9.17) is 0 Å². The van der Waals surface area contributed by atoms with Crippen LogP contribution < -0.4 is 10.6 Å². The van der Waals surface area contributed by atoms with Gasteiger partial charge in [-0.15, -0.1) is 0 Å². The van der Waals surface area contributed by atoms with Crippen molar-refractivity contribution >= 4 is 44.2 Å². The Bertz CT molecular complexity index is 1200. The van der Waals surface area contributed by atoms with Crippen LogP contribution in [0, 0.1) is 13.8 Å². The van der Waals surface area contributed by atoms with Crippen LogP contribution >= 0.6 is 11.3 Å². The zero-order valence-corrected chi connectivity index (χ0v) is 16.7. The zero-order valence-electron chi connectivity index (χ0n) is 15.8. The maximum atomic E-state index is 12.4. The van der Waals surface area contributed by atoms with Crippen LogP contribution in [-0.2, 0) is 11.3 Å². The Kier molecular flexibility index (Phi) is 5.05. The molecule has 4 rings (SSSR count). The molecule has 2 amide bonds. The number of amides is 2. The number of fused-ring (bicyclic) bond motifs is 1. The summed E-state index contributed by atoms with van der Waals surface area (Å²) in [7, 11) is 0. The number of hydrogen-bond donors (Lipinski definition) is 2. The summed E-state index contributed by atoms with van der Waals surface area (Å²) in [5, 5.41) is 10.2. The highest BCUT2D eigenvalue weighted by molar-refractivity contribution is 7.22. The molecule has 0 spiro atoms. The Morgan fingerprint density at radius 3 is 2.83 bits per heavy atom. The lowest BCUT2D eigenvalue weighted by Gasteiger charge is -2.02. The van der Waals surface area contributed by atoms with Gasteiger partial charge in [0.25, 0.3) is 5.91 Å². The summed E-state index contributed by atoms with van der Waals surface area (Å²) in [6.07, 6.45) is 4.62. The first-order valence-corrected chi connectivity index (χ1v) is 9.72. The van der Waals surface area contributed by atoms with E-state index < -0.39 is 0 Å². The Balaban J connectivity index is 1.39. The fraction of sp³-hybridized carbons (Fsp3) is 0.150. The zero-order chi connectivity index (χ0) is 20.4. The van der Waals surface area contributed by atoms with Crippen LogP contribution in [0.1, 0.15) is 21.6 Å². The molecule has 0 unspecified atom stereocenters. The lowest BCUT2D eigenvalue weighted by Crippen LogP contribution is -2.19. The number of carbonyl (C=O) groups excluding carboxylic acids is 2. The number of aryl methyl sites for hydroxylation is 2. The molecule has 29 heavy (non-hydrogen) atoms. The van der Waals surface area contributed by atoms with E-state index in [0.29, 0.717) is 16.5 Å². The molecule has 0 atom stereocenters. The molecule has 4 aromatic rings. The van der Waals surface area contributed by atoms with Gasteiger partial charge >= 0.3 is 0 Å². The molecule has 0 aliphatic carbocycles. The topological polar surface area (TPSA) is 102 Å². The third-order valence-electron chi connectivity index (χ3n) is 4.17. The van der Waals surface area contributed by atoms with Gasteiger partial charge in [0, 0.05) is 12.4 Å². The van der Waals surface area contributed by atoms with E-state index in [9.17, 15) is 9.59 Å². The predicted molar refractivity (Wildman–Crippen MR) is 112 cm³/mol. The van der Waals surface area contributed by atoms with E-state index in [1.165, 1.54) is 22.2 Å². The standard InChI is InChI=1S/C20H18N6O2S/c1-12-7-13(2)18-16(8-12)29-20(25-18)24-17(27)11-26-10-14(9-22-26)23-19(28)15-5-3-4-6-21-15/h3-10H,11H2,1-2H3,(H,23,28)(H,24,25,27). The van der Waals surface area contributed by atoms with Gasteiger partial charge in [0.15, 0.2) is 5.13 Å². The van der Waals surface area contributed by atoms with Crippen LogP contribution in [0.25, 0.3) is 10.2 Å². The van der Waals surface area contributed by atoms with Crippen LogP contribution in [0.15, 0.2) is 48.9 Å². The molecule has 146 valence electrons. The van der Waals surface area contributed by atoms with Crippen LogP contribution in [0.5, 0.6) is 0 Å². The largest absolute Gasteiger partial charge is 0.318 e. The van der Waals surface area contributed by atoms with Crippen molar-refractivity contribution in [3.05, 3.63) is 65.7 Å². The second kappa shape index (κ2) is 7.80. The van der Waals surface area contributed by atoms with E-state index in [-0.39, 0.29) is 18.4 Å². The molecule has 8 nitrogen and oxygen atoms in total. The van der Waals surface area contributed by atoms with Gasteiger partial charge in [-0.3, -0.25) is 19.3 Å². The fourth-order valence-corrected chi connectivity index (χ4v) is 4.00. The van der Waals surface area contributed by atoms with Gasteiger partial charge in [0.2, 0.25) is 5.91 Å². The normalized spacial score (nSPS) is 10.8. The van der Waals surface area contributed by atoms with Crippen molar-refractivity contribution in [2.45, 2.75) is 20.4 Å². The van der Waals surface area contributed by atoms with Gasteiger partial charge in [0.1, 0.15) is 12.2 Å². The molecule has 9 heteroatoms. The Labute approximate surface area is 170 Å². The molecule has 3 heterocycles. The summed E-state index contributed by atoms with van der Waals surface area (Å²) in [4.78, 5) is 33.0. The molecule has 0 bridgehead atoms. The third kappa shape index (κ3) is 4.30. The molecule has 0 aliphatic rings. The van der Waals surface area contributed by atoms with Crippen molar-refractivity contribution in [1.82, 2.24) is 19.7 Å². The minimum Gasteiger partial charge on any atom is -0.318 e. The molecule has 0 saturated carbocycles. The highest BCUT2D eigenvalue weighted by atomic mass is 32.1. The minimum absolute atomic E-state index is 0.00733. The number of nitrogens with zero attached hydrogens (tertiary/aromatic N) is 4. The lowest BCUT2D eigenvalue weighted by atomic mass is 10.1. The average Bonchev–Trinajstić information content (AvgIpc) is 3.28. The number of aromatic nitrogens is 4. The van der Waals surface area contributed by atoms with Crippen LogP contribution in [-0.4, -0.2) is 31.6 Å². The maximum Gasteiger partial charge on any atom is 0.274 e. The molecule has 3 aromatic heterocycles. The number of pyridine rings is 1. The van der Waals surface area contributed by atoms with E-state index in [1.807, 2.05) is 13.8 Å². The predicted octanol–water partition coefficient (Wildman–Crippen LogP) is 3.40. The van der Waals surface area contributed by atoms with E-state index in [1.54, 1.807) is 30.6 Å². The third-order valence-corrected chi connectivity index (χ3v) is 5.09. The van der Waals surface area contributed by atoms with Crippen molar-refractivity contribution in [3.63, 3.8) is 0 Å². The summed E-state index contributed by atoms with van der Waals surface area (Å²) in [5.74, 6) is -0.584. The van der Waals surface area contributed by atoms with Crippen LogP contribution in [0.2, 0.25) is 0 Å². The SMILES string of the molecule is Cc1cc(C)c2nc(NC(=O)Cn3cc(NC(=O)c4ccccn4)cn3)sc2c1. The van der Waals surface area contributed by atoms with Crippen molar-refractivity contribution in [1.29, 1.82) is 0 Å². The van der Waals surface area contributed by atoms with Crippen molar-refractivity contribution in [2.75, 3.05) is 10.6 Å². The molecule has 0 saturated heterocycles. The van der Waals surface area contributed by atoms with Crippen molar-refractivity contribution in [2.24, 2.45) is 0 Å². The fourth-order valence-electron chi connectivity index (χ4n) is 2.94. The van der Waals surface area contributed by atoms with Crippen LogP contribution in [0.4, 0.5) is 10.8 Å². The highest BCUT2D eigenvalue weighted by Crippen LogP contribution is 2.29. The average molecular weight is 406 g/mol. The van der Waals surface area contributed by atoms with E-state index in [0.717, 1.165) is 21.3 Å². The van der Waals surface area contributed by atoms with Gasteiger partial charge in [-0.05, 0) is 43.2 Å². The first kappa shape index (κ1) is 18.8. The van der Waals surface area contributed by atoms with E-state index >= 15 is 0 Å². The second-order valence-electron chi connectivity index (χ2n) is 6.59. The first-order valence-electron chi connectivity index (χ1n) is 8.90. The lowest BCUT2D eigenvalue weighted by molar-refractivity contribution is -0.116. The van der Waals surface area contributed by atoms with Crippen molar-refractivity contribution in [3.8, 4) is 0 Å². The number of rotatable bonds is 5. The molecule has 0 fully saturated rings. The molecule has 0 radical (unpaired) electrons. The van der Waals surface area contributed by atoms with Gasteiger partial charge < -0.3 is 10.6 Å². The number of carbonyl (C=O) groups is 2. The van der Waals surface area contributed by atoms with Gasteiger partial charge in [-0.1, -0.05) is 23.5 Å². The monoisotopic (exact) mass is 406 g/mol. The molecule has 2 N–H and O–H groups in total. The number of thiazole rings is 1. The Hall–Kier alpha value is -3.59. The molecule has 1 aromatic carbocycles. The summed E-state index contributed by atoms with van der Waals surface area (Å²) in [6, 6.07) is 9.22. The summed E-state index contributed by atoms with van der Waals surface area (Å²) >= 11 is 1.44. The Morgan fingerprint density at radius 1 is 1.17 bits per heavy atom. The Morgan fingerprint density at radius 2 is 2.03 bits per heavy atom. The summed E-state index contributed by atoms with van der Waals surface area (Å²) in [6.45, 7) is 4.05. The van der Waals surface area contributed by atoms with Crippen molar-refractivity contribution < 1.29 is 9.59 Å². The minimum atomic E-state index is -0.338. The highest BCUT2D eigenvalue weighted by Gasteiger charge is 2.12. The molecule has 0 aliphatic heterocycles. The second-order valence-corrected chi connectivity index (χ2v) is 7.62. The maximum absolute atomic E-state index is 12.4. The number of benzene rings is 1. The summed E-state index contributed by atoms with van der Waals surface area (Å²) in [5.41, 5.74) is 3.93. The van der Waals surface area contributed by atoms with Crippen LogP contribution in [0.3, 0.4) is 0 Å². The number of nitrogens with one attached hydrogen (secondary N) is 2. The van der Waals surface area contributed by atoms with E-state index in [2.05, 4.69) is 37.8 Å². The number of anilines is 2. The van der Waals surface area contributed by atoms with Gasteiger partial charge in [0.05, 0.1) is 22.1 Å². The van der Waals surface area contributed by atoms with Gasteiger partial charge in [-0.2, -0.15) is 5.10 Å². The van der Waals surface area contributed by atoms with Gasteiger partial charge in [-0.25, -0.2) is 4.98 Å². The smallest absolute Gasteiger partial charge is 0.274 e. The molecular weight excluding hydrogens is 388 g/mol.